The first kappa shape index (κ1) is 20.0. The molecular formula is C22H25ClN4O. The molecule has 1 aliphatic heterocycles. The van der Waals surface area contributed by atoms with Crippen LogP contribution in [0.5, 0.6) is 0 Å². The van der Waals surface area contributed by atoms with Crippen molar-refractivity contribution in [3.63, 3.8) is 0 Å². The minimum absolute atomic E-state index is 0. The Balaban J connectivity index is 0.00000225. The molecule has 146 valence electrons. The summed E-state index contributed by atoms with van der Waals surface area (Å²) in [4.78, 5) is 21.5. The van der Waals surface area contributed by atoms with Crippen LogP contribution in [0.2, 0.25) is 0 Å². The fourth-order valence-electron chi connectivity index (χ4n) is 3.56. The molecule has 2 heterocycles. The van der Waals surface area contributed by atoms with Gasteiger partial charge in [-0.3, -0.25) is 4.79 Å². The van der Waals surface area contributed by atoms with Crippen molar-refractivity contribution in [2.24, 2.45) is 0 Å². The van der Waals surface area contributed by atoms with Crippen LogP contribution in [0.4, 0.5) is 5.95 Å². The van der Waals surface area contributed by atoms with Crippen molar-refractivity contribution in [1.29, 1.82) is 0 Å². The number of carbonyl (C=O) groups is 1. The number of nitrogens with zero attached hydrogens (tertiary/aromatic N) is 4. The summed E-state index contributed by atoms with van der Waals surface area (Å²) in [6.07, 6.45) is 3.84. The maximum atomic E-state index is 12.9. The van der Waals surface area contributed by atoms with Crippen LogP contribution in [0, 0.1) is 0 Å². The number of piperazine rings is 1. The number of aromatic nitrogens is 2. The first-order valence-electron chi connectivity index (χ1n) is 9.47. The van der Waals surface area contributed by atoms with Crippen LogP contribution in [-0.4, -0.2) is 46.5 Å². The zero-order valence-electron chi connectivity index (χ0n) is 16.0. The van der Waals surface area contributed by atoms with Crippen LogP contribution in [0.1, 0.15) is 17.3 Å². The summed E-state index contributed by atoms with van der Waals surface area (Å²) < 4.78 is 2.14. The van der Waals surface area contributed by atoms with Crippen molar-refractivity contribution in [2.75, 3.05) is 31.1 Å². The van der Waals surface area contributed by atoms with Gasteiger partial charge in [0, 0.05) is 50.7 Å². The van der Waals surface area contributed by atoms with Gasteiger partial charge in [0.15, 0.2) is 0 Å². The molecule has 0 unspecified atom stereocenters. The number of hydrogen-bond donors (Lipinski definition) is 0. The number of carbonyl (C=O) groups excluding carboxylic acids is 1. The van der Waals surface area contributed by atoms with Crippen LogP contribution in [0.25, 0.3) is 11.1 Å². The standard InChI is InChI=1S/C22H24N4O.ClH/c1-2-24-13-12-23-22(24)26-16-14-25(15-17-26)21(27)20-10-8-19(9-11-20)18-6-4-3-5-7-18;/h3-13H,2,14-17H2,1H3;1H. The Morgan fingerprint density at radius 2 is 1.57 bits per heavy atom. The molecule has 0 bridgehead atoms. The molecule has 0 N–H and O–H groups in total. The summed E-state index contributed by atoms with van der Waals surface area (Å²) in [6.45, 7) is 6.08. The molecule has 0 radical (unpaired) electrons. The normalized spacial score (nSPS) is 13.9. The number of imidazole rings is 1. The van der Waals surface area contributed by atoms with Crippen molar-refractivity contribution in [3.8, 4) is 11.1 Å². The van der Waals surface area contributed by atoms with E-state index >= 15 is 0 Å². The highest BCUT2D eigenvalue weighted by Gasteiger charge is 2.24. The van der Waals surface area contributed by atoms with E-state index in [0.29, 0.717) is 0 Å². The zero-order valence-corrected chi connectivity index (χ0v) is 16.8. The molecule has 1 aliphatic rings. The van der Waals surface area contributed by atoms with Gasteiger partial charge in [0.2, 0.25) is 5.95 Å². The van der Waals surface area contributed by atoms with Gasteiger partial charge in [-0.2, -0.15) is 0 Å². The molecule has 4 rings (SSSR count). The van der Waals surface area contributed by atoms with E-state index in [2.05, 4.69) is 33.5 Å². The van der Waals surface area contributed by atoms with Gasteiger partial charge in [-0.1, -0.05) is 42.5 Å². The Bertz CT molecular complexity index is 900. The molecule has 1 aromatic heterocycles. The van der Waals surface area contributed by atoms with Gasteiger partial charge in [-0.05, 0) is 30.2 Å². The molecular weight excluding hydrogens is 372 g/mol. The smallest absolute Gasteiger partial charge is 0.253 e. The largest absolute Gasteiger partial charge is 0.339 e. The second kappa shape index (κ2) is 8.93. The lowest BCUT2D eigenvalue weighted by molar-refractivity contribution is 0.0746. The number of rotatable bonds is 4. The third-order valence-corrected chi connectivity index (χ3v) is 5.12. The molecule has 0 saturated carbocycles. The van der Waals surface area contributed by atoms with E-state index in [-0.39, 0.29) is 18.3 Å². The molecule has 0 spiro atoms. The quantitative estimate of drug-likeness (QED) is 0.670. The van der Waals surface area contributed by atoms with Crippen molar-refractivity contribution in [3.05, 3.63) is 72.6 Å². The van der Waals surface area contributed by atoms with Crippen LogP contribution in [0.15, 0.2) is 67.0 Å². The molecule has 2 aromatic carbocycles. The lowest BCUT2D eigenvalue weighted by Gasteiger charge is -2.35. The third-order valence-electron chi connectivity index (χ3n) is 5.12. The first-order chi connectivity index (χ1) is 13.3. The van der Waals surface area contributed by atoms with Gasteiger partial charge in [-0.15, -0.1) is 12.4 Å². The van der Waals surface area contributed by atoms with E-state index in [4.69, 9.17) is 0 Å². The Kier molecular flexibility index (Phi) is 6.37. The SMILES string of the molecule is CCn1ccnc1N1CCN(C(=O)c2ccc(-c3ccccc3)cc2)CC1.Cl. The van der Waals surface area contributed by atoms with Gasteiger partial charge < -0.3 is 14.4 Å². The van der Waals surface area contributed by atoms with E-state index in [1.165, 1.54) is 0 Å². The van der Waals surface area contributed by atoms with Gasteiger partial charge >= 0.3 is 0 Å². The van der Waals surface area contributed by atoms with E-state index < -0.39 is 0 Å². The molecule has 6 heteroatoms. The summed E-state index contributed by atoms with van der Waals surface area (Å²) >= 11 is 0. The zero-order chi connectivity index (χ0) is 18.6. The van der Waals surface area contributed by atoms with Gasteiger partial charge in [0.25, 0.3) is 5.91 Å². The van der Waals surface area contributed by atoms with E-state index in [1.807, 2.05) is 59.8 Å². The number of amides is 1. The second-order valence-electron chi connectivity index (χ2n) is 6.74. The molecule has 1 fully saturated rings. The van der Waals surface area contributed by atoms with Crippen molar-refractivity contribution in [2.45, 2.75) is 13.5 Å². The summed E-state index contributed by atoms with van der Waals surface area (Å²) in [5.74, 6) is 1.10. The highest BCUT2D eigenvalue weighted by atomic mass is 35.5. The van der Waals surface area contributed by atoms with Crippen LogP contribution < -0.4 is 4.90 Å². The number of benzene rings is 2. The lowest BCUT2D eigenvalue weighted by Crippen LogP contribution is -2.49. The van der Waals surface area contributed by atoms with E-state index in [9.17, 15) is 4.79 Å². The highest BCUT2D eigenvalue weighted by molar-refractivity contribution is 5.94. The highest BCUT2D eigenvalue weighted by Crippen LogP contribution is 2.21. The van der Waals surface area contributed by atoms with Crippen LogP contribution >= 0.6 is 12.4 Å². The summed E-state index contributed by atoms with van der Waals surface area (Å²) in [7, 11) is 0. The Morgan fingerprint density at radius 3 is 2.21 bits per heavy atom. The first-order valence-corrected chi connectivity index (χ1v) is 9.47. The third kappa shape index (κ3) is 4.04. The molecule has 0 aliphatic carbocycles. The van der Waals surface area contributed by atoms with Gasteiger partial charge in [0.05, 0.1) is 0 Å². The van der Waals surface area contributed by atoms with Gasteiger partial charge in [0.1, 0.15) is 0 Å². The lowest BCUT2D eigenvalue weighted by atomic mass is 10.0. The fourth-order valence-corrected chi connectivity index (χ4v) is 3.56. The number of halogens is 1. The molecule has 0 atom stereocenters. The molecule has 3 aromatic rings. The predicted molar refractivity (Wildman–Crippen MR) is 115 cm³/mol. The summed E-state index contributed by atoms with van der Waals surface area (Å²) in [5.41, 5.74) is 3.04. The Hall–Kier alpha value is -2.79. The monoisotopic (exact) mass is 396 g/mol. The minimum atomic E-state index is 0. The summed E-state index contributed by atoms with van der Waals surface area (Å²) in [5, 5.41) is 0. The second-order valence-corrected chi connectivity index (χ2v) is 6.74. The van der Waals surface area contributed by atoms with E-state index in [1.54, 1.807) is 0 Å². The van der Waals surface area contributed by atoms with Crippen LogP contribution in [0.3, 0.4) is 0 Å². The minimum Gasteiger partial charge on any atom is -0.339 e. The van der Waals surface area contributed by atoms with E-state index in [0.717, 1.165) is 55.4 Å². The fraction of sp³-hybridized carbons (Fsp3) is 0.273. The molecule has 28 heavy (non-hydrogen) atoms. The number of hydrogen-bond acceptors (Lipinski definition) is 3. The topological polar surface area (TPSA) is 41.4 Å². The van der Waals surface area contributed by atoms with Crippen molar-refractivity contribution < 1.29 is 4.79 Å². The maximum Gasteiger partial charge on any atom is 0.253 e. The maximum absolute atomic E-state index is 12.9. The Labute approximate surface area is 172 Å². The number of anilines is 1. The Morgan fingerprint density at radius 1 is 0.929 bits per heavy atom. The van der Waals surface area contributed by atoms with Crippen molar-refractivity contribution >= 4 is 24.3 Å². The molecule has 5 nitrogen and oxygen atoms in total. The van der Waals surface area contributed by atoms with Gasteiger partial charge in [-0.25, -0.2) is 4.98 Å². The molecule has 1 saturated heterocycles. The number of aryl methyl sites for hydroxylation is 1. The average Bonchev–Trinajstić information content (AvgIpc) is 3.23. The predicted octanol–water partition coefficient (Wildman–Crippen LogP) is 3.95. The van der Waals surface area contributed by atoms with Crippen molar-refractivity contribution in [1.82, 2.24) is 14.5 Å². The summed E-state index contributed by atoms with van der Waals surface area (Å²) in [6, 6.07) is 18.1. The molecule has 1 amide bonds. The average molecular weight is 397 g/mol. The van der Waals surface area contributed by atoms with Crippen LogP contribution in [-0.2, 0) is 6.54 Å².